The molecule has 6 heteroatoms. The predicted octanol–water partition coefficient (Wildman–Crippen LogP) is 3.52. The van der Waals surface area contributed by atoms with Crippen molar-refractivity contribution >= 4 is 23.5 Å². The summed E-state index contributed by atoms with van der Waals surface area (Å²) in [4.78, 5) is 15.8. The standard InChI is InChI=1S/C13H13ClN2O3/c1-13(2,3)18-12(17)19-16-11(8-15)9-4-6-10(14)7-5-9/h4-7H,1-3H3. The van der Waals surface area contributed by atoms with Crippen LogP contribution in [0.4, 0.5) is 4.79 Å². The number of carbonyl (C=O) groups excluding carboxylic acids is 1. The van der Waals surface area contributed by atoms with Gasteiger partial charge < -0.3 is 4.74 Å². The summed E-state index contributed by atoms with van der Waals surface area (Å²) in [5, 5.41) is 12.9. The van der Waals surface area contributed by atoms with Crippen LogP contribution in [0.5, 0.6) is 0 Å². The zero-order valence-corrected chi connectivity index (χ0v) is 11.6. The molecule has 5 nitrogen and oxygen atoms in total. The van der Waals surface area contributed by atoms with Gasteiger partial charge in [0.25, 0.3) is 0 Å². The van der Waals surface area contributed by atoms with Crippen LogP contribution in [0.1, 0.15) is 26.3 Å². The fraction of sp³-hybridized carbons (Fsp3) is 0.308. The van der Waals surface area contributed by atoms with E-state index < -0.39 is 11.8 Å². The van der Waals surface area contributed by atoms with E-state index in [1.165, 1.54) is 0 Å². The second-order valence-corrected chi connectivity index (χ2v) is 5.05. The predicted molar refractivity (Wildman–Crippen MR) is 70.9 cm³/mol. The lowest BCUT2D eigenvalue weighted by Crippen LogP contribution is -2.23. The number of nitrogens with zero attached hydrogens (tertiary/aromatic N) is 2. The SMILES string of the molecule is CC(C)(C)OC(=O)ON=C(C#N)c1ccc(Cl)cc1. The quantitative estimate of drug-likeness (QED) is 0.360. The molecule has 0 aliphatic rings. The van der Waals surface area contributed by atoms with Crippen LogP contribution in [-0.2, 0) is 9.57 Å². The second kappa shape index (κ2) is 6.21. The lowest BCUT2D eigenvalue weighted by atomic mass is 10.1. The fourth-order valence-electron chi connectivity index (χ4n) is 1.10. The summed E-state index contributed by atoms with van der Waals surface area (Å²) in [6.45, 7) is 5.09. The average molecular weight is 281 g/mol. The Morgan fingerprint density at radius 2 is 1.89 bits per heavy atom. The van der Waals surface area contributed by atoms with Crippen molar-refractivity contribution in [3.05, 3.63) is 34.9 Å². The molecule has 100 valence electrons. The molecule has 0 atom stereocenters. The highest BCUT2D eigenvalue weighted by atomic mass is 35.5. The van der Waals surface area contributed by atoms with E-state index >= 15 is 0 Å². The zero-order chi connectivity index (χ0) is 14.5. The molecular formula is C13H13ClN2O3. The fourth-order valence-corrected chi connectivity index (χ4v) is 1.22. The first kappa shape index (κ1) is 15.0. The van der Waals surface area contributed by atoms with Crippen LogP contribution >= 0.6 is 11.6 Å². The van der Waals surface area contributed by atoms with Crippen molar-refractivity contribution in [2.24, 2.45) is 5.16 Å². The van der Waals surface area contributed by atoms with E-state index in [-0.39, 0.29) is 5.71 Å². The third kappa shape index (κ3) is 5.40. The maximum atomic E-state index is 11.3. The summed E-state index contributed by atoms with van der Waals surface area (Å²) in [6.07, 6.45) is -0.964. The molecule has 0 bridgehead atoms. The molecule has 1 rings (SSSR count). The van der Waals surface area contributed by atoms with Crippen molar-refractivity contribution in [3.8, 4) is 6.07 Å². The molecule has 1 aromatic rings. The lowest BCUT2D eigenvalue weighted by Gasteiger charge is -2.17. The van der Waals surface area contributed by atoms with E-state index in [2.05, 4.69) is 9.99 Å². The van der Waals surface area contributed by atoms with Crippen LogP contribution in [0.25, 0.3) is 0 Å². The molecule has 0 saturated carbocycles. The van der Waals surface area contributed by atoms with Gasteiger partial charge in [-0.15, -0.1) is 0 Å². The Balaban J connectivity index is 2.76. The Kier molecular flexibility index (Phi) is 4.90. The first-order valence-electron chi connectivity index (χ1n) is 5.46. The van der Waals surface area contributed by atoms with Crippen molar-refractivity contribution < 1.29 is 14.4 Å². The van der Waals surface area contributed by atoms with Crippen molar-refractivity contribution in [1.82, 2.24) is 0 Å². The van der Waals surface area contributed by atoms with Gasteiger partial charge in [-0.05, 0) is 32.9 Å². The zero-order valence-electron chi connectivity index (χ0n) is 10.8. The number of hydrogen-bond donors (Lipinski definition) is 0. The number of ether oxygens (including phenoxy) is 1. The van der Waals surface area contributed by atoms with Gasteiger partial charge >= 0.3 is 6.16 Å². The summed E-state index contributed by atoms with van der Waals surface area (Å²) in [7, 11) is 0. The van der Waals surface area contributed by atoms with Gasteiger partial charge in [0.15, 0.2) is 5.71 Å². The molecule has 0 aromatic heterocycles. The summed E-state index contributed by atoms with van der Waals surface area (Å²) in [5.74, 6) is 0. The van der Waals surface area contributed by atoms with Crippen molar-refractivity contribution in [3.63, 3.8) is 0 Å². The number of oxime groups is 1. The van der Waals surface area contributed by atoms with Crippen molar-refractivity contribution in [1.29, 1.82) is 5.26 Å². The van der Waals surface area contributed by atoms with Crippen LogP contribution in [-0.4, -0.2) is 17.5 Å². The van der Waals surface area contributed by atoms with Gasteiger partial charge in [-0.3, -0.25) is 4.84 Å². The molecule has 19 heavy (non-hydrogen) atoms. The Morgan fingerprint density at radius 1 is 1.32 bits per heavy atom. The summed E-state index contributed by atoms with van der Waals surface area (Å²) < 4.78 is 4.89. The molecule has 0 N–H and O–H groups in total. The second-order valence-electron chi connectivity index (χ2n) is 4.61. The van der Waals surface area contributed by atoms with E-state index in [1.807, 2.05) is 6.07 Å². The van der Waals surface area contributed by atoms with Gasteiger partial charge in [0.05, 0.1) is 0 Å². The third-order valence-electron chi connectivity index (χ3n) is 1.82. The first-order chi connectivity index (χ1) is 8.81. The number of rotatable bonds is 2. The van der Waals surface area contributed by atoms with Crippen molar-refractivity contribution in [2.75, 3.05) is 0 Å². The van der Waals surface area contributed by atoms with Crippen molar-refractivity contribution in [2.45, 2.75) is 26.4 Å². The Hall–Kier alpha value is -2.06. The highest BCUT2D eigenvalue weighted by molar-refractivity contribution is 6.30. The van der Waals surface area contributed by atoms with E-state index in [0.29, 0.717) is 10.6 Å². The molecule has 1 aromatic carbocycles. The number of carbonyl (C=O) groups is 1. The summed E-state index contributed by atoms with van der Waals surface area (Å²) >= 11 is 5.73. The van der Waals surface area contributed by atoms with Crippen LogP contribution in [0, 0.1) is 11.3 Å². The highest BCUT2D eigenvalue weighted by Gasteiger charge is 2.18. The minimum atomic E-state index is -0.964. The number of hydrogen-bond acceptors (Lipinski definition) is 5. The van der Waals surface area contributed by atoms with E-state index in [1.54, 1.807) is 45.0 Å². The van der Waals surface area contributed by atoms with Crippen LogP contribution in [0.2, 0.25) is 5.02 Å². The van der Waals surface area contributed by atoms with Gasteiger partial charge in [0, 0.05) is 10.6 Å². The number of nitriles is 1. The molecule has 0 spiro atoms. The number of halogens is 1. The van der Waals surface area contributed by atoms with Gasteiger partial charge in [-0.25, -0.2) is 4.79 Å². The van der Waals surface area contributed by atoms with E-state index in [4.69, 9.17) is 21.6 Å². The Bertz CT molecular complexity index is 524. The molecular weight excluding hydrogens is 268 g/mol. The Morgan fingerprint density at radius 3 is 2.37 bits per heavy atom. The monoisotopic (exact) mass is 280 g/mol. The molecule has 0 saturated heterocycles. The molecule has 0 aliphatic heterocycles. The molecule has 0 amide bonds. The van der Waals surface area contributed by atoms with Crippen LogP contribution in [0.3, 0.4) is 0 Å². The molecule has 0 heterocycles. The van der Waals surface area contributed by atoms with Crippen LogP contribution in [0.15, 0.2) is 29.4 Å². The average Bonchev–Trinajstić information content (AvgIpc) is 2.29. The Labute approximate surface area is 116 Å². The normalized spacial score (nSPS) is 11.6. The number of benzene rings is 1. The first-order valence-corrected chi connectivity index (χ1v) is 5.83. The van der Waals surface area contributed by atoms with Gasteiger partial charge in [-0.2, -0.15) is 5.26 Å². The third-order valence-corrected chi connectivity index (χ3v) is 2.08. The molecule has 0 fully saturated rings. The van der Waals surface area contributed by atoms with Crippen LogP contribution < -0.4 is 0 Å². The molecule has 0 unspecified atom stereocenters. The van der Waals surface area contributed by atoms with Gasteiger partial charge in [-0.1, -0.05) is 28.9 Å². The van der Waals surface area contributed by atoms with Gasteiger partial charge in [0.1, 0.15) is 11.7 Å². The van der Waals surface area contributed by atoms with Gasteiger partial charge in [0.2, 0.25) is 0 Å². The van der Waals surface area contributed by atoms with E-state index in [0.717, 1.165) is 0 Å². The largest absolute Gasteiger partial charge is 0.535 e. The highest BCUT2D eigenvalue weighted by Crippen LogP contribution is 2.11. The minimum Gasteiger partial charge on any atom is -0.427 e. The van der Waals surface area contributed by atoms with E-state index in [9.17, 15) is 4.79 Å². The maximum Gasteiger partial charge on any atom is 0.535 e. The topological polar surface area (TPSA) is 71.7 Å². The summed E-state index contributed by atoms with van der Waals surface area (Å²) in [5.41, 5.74) is -0.224. The smallest absolute Gasteiger partial charge is 0.427 e. The summed E-state index contributed by atoms with van der Waals surface area (Å²) in [6, 6.07) is 8.25. The maximum absolute atomic E-state index is 11.3. The lowest BCUT2D eigenvalue weighted by molar-refractivity contribution is -0.00609. The molecule has 0 radical (unpaired) electrons. The minimum absolute atomic E-state index is 0.0393. The molecule has 0 aliphatic carbocycles.